The van der Waals surface area contributed by atoms with E-state index in [9.17, 15) is 9.59 Å². The molecule has 1 aromatic carbocycles. The predicted octanol–water partition coefficient (Wildman–Crippen LogP) is 3.95. The quantitative estimate of drug-likeness (QED) is 0.656. The lowest BCUT2D eigenvalue weighted by Crippen LogP contribution is -2.43. The van der Waals surface area contributed by atoms with Gasteiger partial charge in [0.1, 0.15) is 6.10 Å². The number of hydrogen-bond acceptors (Lipinski definition) is 3. The van der Waals surface area contributed by atoms with Crippen LogP contribution in [0.5, 0.6) is 0 Å². The van der Waals surface area contributed by atoms with E-state index in [1.54, 1.807) is 0 Å². The molecule has 0 unspecified atom stereocenters. The van der Waals surface area contributed by atoms with E-state index in [0.29, 0.717) is 5.92 Å². The second kappa shape index (κ2) is 7.65. The van der Waals surface area contributed by atoms with Gasteiger partial charge in [0.15, 0.2) is 0 Å². The Bertz CT molecular complexity index is 603. The molecule has 4 heteroatoms. The number of carboxylic acid groups (broad SMARTS) is 1. The predicted molar refractivity (Wildman–Crippen MR) is 92.6 cm³/mol. The van der Waals surface area contributed by atoms with Crippen LogP contribution in [0.3, 0.4) is 0 Å². The maximum absolute atomic E-state index is 12.0. The lowest BCUT2D eigenvalue weighted by atomic mass is 9.64. The third kappa shape index (κ3) is 4.47. The lowest BCUT2D eigenvalue weighted by molar-refractivity contribution is -0.150. The first kappa shape index (κ1) is 18.2. The minimum absolute atomic E-state index is 0.122. The van der Waals surface area contributed by atoms with Crippen LogP contribution < -0.4 is 0 Å². The van der Waals surface area contributed by atoms with Crippen molar-refractivity contribution in [2.75, 3.05) is 0 Å². The molecule has 0 saturated heterocycles. The Morgan fingerprint density at radius 3 is 2.46 bits per heavy atom. The fourth-order valence-electron chi connectivity index (χ4n) is 3.69. The maximum Gasteiger partial charge on any atom is 0.331 e. The number of carbonyl (C=O) groups excluding carboxylic acids is 1. The topological polar surface area (TPSA) is 63.6 Å². The highest BCUT2D eigenvalue weighted by atomic mass is 16.5. The van der Waals surface area contributed by atoms with Crippen LogP contribution >= 0.6 is 0 Å². The third-order valence-electron chi connectivity index (χ3n) is 5.13. The summed E-state index contributed by atoms with van der Waals surface area (Å²) >= 11 is 0. The molecule has 0 bridgehead atoms. The van der Waals surface area contributed by atoms with Crippen molar-refractivity contribution < 1.29 is 19.4 Å². The van der Waals surface area contributed by atoms with Crippen LogP contribution in [0.4, 0.5) is 0 Å². The number of ether oxygens (including phenoxy) is 1. The molecule has 1 aromatic rings. The molecule has 1 saturated carbocycles. The van der Waals surface area contributed by atoms with Crippen molar-refractivity contribution in [3.05, 3.63) is 48.0 Å². The van der Waals surface area contributed by atoms with E-state index in [2.05, 4.69) is 32.9 Å². The summed E-state index contributed by atoms with van der Waals surface area (Å²) in [5.74, 6) is -1.03. The van der Waals surface area contributed by atoms with Gasteiger partial charge in [0.2, 0.25) is 0 Å². The Kier molecular flexibility index (Phi) is 5.81. The molecule has 0 aliphatic heterocycles. The molecule has 1 aliphatic rings. The summed E-state index contributed by atoms with van der Waals surface area (Å²) in [6.45, 7) is 6.55. The highest BCUT2D eigenvalue weighted by Crippen LogP contribution is 2.43. The van der Waals surface area contributed by atoms with Crippen molar-refractivity contribution in [3.8, 4) is 0 Å². The molecule has 4 nitrogen and oxygen atoms in total. The molecule has 0 heterocycles. The fourth-order valence-corrected chi connectivity index (χ4v) is 3.69. The zero-order valence-electron chi connectivity index (χ0n) is 14.6. The van der Waals surface area contributed by atoms with Gasteiger partial charge in [-0.05, 0) is 29.7 Å². The second-order valence-corrected chi connectivity index (χ2v) is 7.26. The van der Waals surface area contributed by atoms with Gasteiger partial charge < -0.3 is 9.84 Å². The van der Waals surface area contributed by atoms with Crippen molar-refractivity contribution in [2.45, 2.75) is 51.6 Å². The molecule has 130 valence electrons. The van der Waals surface area contributed by atoms with Crippen molar-refractivity contribution in [1.29, 1.82) is 0 Å². The number of benzene rings is 1. The van der Waals surface area contributed by atoms with Crippen molar-refractivity contribution in [2.24, 2.45) is 11.8 Å². The first-order valence-electron chi connectivity index (χ1n) is 8.48. The molecule has 0 amide bonds. The Hall–Kier alpha value is -2.10. The number of esters is 1. The van der Waals surface area contributed by atoms with Gasteiger partial charge in [-0.1, -0.05) is 57.5 Å². The average molecular weight is 330 g/mol. The SMILES string of the molecule is C[C@@H]1CC[C@@H](C(C)(C)c2ccccc2)[C@H](OC(=O)/C=C\C(=O)O)C1. The second-order valence-electron chi connectivity index (χ2n) is 7.26. The fraction of sp³-hybridized carbons (Fsp3) is 0.500. The summed E-state index contributed by atoms with van der Waals surface area (Å²) in [6.07, 6.45) is 4.53. The van der Waals surface area contributed by atoms with Crippen LogP contribution in [0.2, 0.25) is 0 Å². The van der Waals surface area contributed by atoms with Crippen molar-refractivity contribution in [3.63, 3.8) is 0 Å². The zero-order valence-corrected chi connectivity index (χ0v) is 14.6. The number of carbonyl (C=O) groups is 2. The molecule has 1 aliphatic carbocycles. The van der Waals surface area contributed by atoms with Crippen molar-refractivity contribution in [1.82, 2.24) is 0 Å². The molecule has 0 aromatic heterocycles. The molecule has 2 rings (SSSR count). The summed E-state index contributed by atoms with van der Waals surface area (Å²) in [6, 6.07) is 10.3. The summed E-state index contributed by atoms with van der Waals surface area (Å²) < 4.78 is 5.64. The minimum Gasteiger partial charge on any atom is -0.478 e. The molecular weight excluding hydrogens is 304 g/mol. The Morgan fingerprint density at radius 2 is 1.83 bits per heavy atom. The van der Waals surface area contributed by atoms with Crippen LogP contribution in [0, 0.1) is 11.8 Å². The van der Waals surface area contributed by atoms with Crippen LogP contribution in [0.15, 0.2) is 42.5 Å². The molecule has 1 fully saturated rings. The average Bonchev–Trinajstić information content (AvgIpc) is 2.53. The van der Waals surface area contributed by atoms with Crippen molar-refractivity contribution >= 4 is 11.9 Å². The molecular formula is C20H26O4. The van der Waals surface area contributed by atoms with Crippen LogP contribution in [-0.2, 0) is 19.7 Å². The van der Waals surface area contributed by atoms with Gasteiger partial charge in [0.25, 0.3) is 0 Å². The largest absolute Gasteiger partial charge is 0.478 e. The standard InChI is InChI=1S/C20H26O4/c1-14-9-10-16(20(2,3)15-7-5-4-6-8-15)17(13-14)24-19(23)12-11-18(21)22/h4-8,11-12,14,16-17H,9-10,13H2,1-3H3,(H,21,22)/b12-11-/t14-,16-,17-/m1/s1. The molecule has 0 spiro atoms. The number of rotatable bonds is 5. The summed E-state index contributed by atoms with van der Waals surface area (Å²) in [5, 5.41) is 8.65. The number of aliphatic carboxylic acids is 1. The van der Waals surface area contributed by atoms with Gasteiger partial charge in [-0.2, -0.15) is 0 Å². The Morgan fingerprint density at radius 1 is 1.17 bits per heavy atom. The lowest BCUT2D eigenvalue weighted by Gasteiger charge is -2.43. The van der Waals surface area contributed by atoms with E-state index in [1.165, 1.54) is 5.56 Å². The molecule has 3 atom stereocenters. The van der Waals surface area contributed by atoms with Gasteiger partial charge in [0, 0.05) is 18.1 Å². The minimum atomic E-state index is -1.15. The van der Waals surface area contributed by atoms with E-state index in [0.717, 1.165) is 31.4 Å². The number of carboxylic acids is 1. The van der Waals surface area contributed by atoms with Crippen LogP contribution in [0.25, 0.3) is 0 Å². The molecule has 0 radical (unpaired) electrons. The maximum atomic E-state index is 12.0. The van der Waals surface area contributed by atoms with E-state index >= 15 is 0 Å². The van der Waals surface area contributed by atoms with E-state index in [1.807, 2.05) is 18.2 Å². The number of hydrogen-bond donors (Lipinski definition) is 1. The summed E-state index contributed by atoms with van der Waals surface area (Å²) in [7, 11) is 0. The van der Waals surface area contributed by atoms with E-state index in [4.69, 9.17) is 9.84 Å². The first-order chi connectivity index (χ1) is 11.3. The summed E-state index contributed by atoms with van der Waals surface area (Å²) in [5.41, 5.74) is 1.11. The van der Waals surface area contributed by atoms with Crippen LogP contribution in [0.1, 0.15) is 45.6 Å². The van der Waals surface area contributed by atoms with Gasteiger partial charge in [-0.3, -0.25) is 0 Å². The van der Waals surface area contributed by atoms with E-state index in [-0.39, 0.29) is 17.4 Å². The summed E-state index contributed by atoms with van der Waals surface area (Å²) in [4.78, 5) is 22.5. The van der Waals surface area contributed by atoms with Gasteiger partial charge >= 0.3 is 11.9 Å². The highest BCUT2D eigenvalue weighted by Gasteiger charge is 2.41. The monoisotopic (exact) mass is 330 g/mol. The van der Waals surface area contributed by atoms with Gasteiger partial charge in [-0.15, -0.1) is 0 Å². The normalized spacial score (nSPS) is 24.7. The smallest absolute Gasteiger partial charge is 0.331 e. The highest BCUT2D eigenvalue weighted by molar-refractivity contribution is 5.90. The molecule has 24 heavy (non-hydrogen) atoms. The Labute approximate surface area is 143 Å². The van der Waals surface area contributed by atoms with Gasteiger partial charge in [0.05, 0.1) is 0 Å². The third-order valence-corrected chi connectivity index (χ3v) is 5.13. The van der Waals surface area contributed by atoms with E-state index < -0.39 is 11.9 Å². The zero-order chi connectivity index (χ0) is 17.7. The first-order valence-corrected chi connectivity index (χ1v) is 8.48. The Balaban J connectivity index is 2.19. The van der Waals surface area contributed by atoms with Gasteiger partial charge in [-0.25, -0.2) is 9.59 Å². The molecule has 1 N–H and O–H groups in total. The van der Waals surface area contributed by atoms with Crippen LogP contribution in [-0.4, -0.2) is 23.1 Å².